The first-order chi connectivity index (χ1) is 57.7. The topological polar surface area (TPSA) is 204 Å². The summed E-state index contributed by atoms with van der Waals surface area (Å²) in [4.78, 5) is 94.8. The van der Waals surface area contributed by atoms with Crippen molar-refractivity contribution in [1.82, 2.24) is 20.4 Å². The number of carbonyl (C=O) groups is 8. The van der Waals surface area contributed by atoms with Gasteiger partial charge in [0.1, 0.15) is 24.4 Å². The maximum atomic E-state index is 11.9. The molecule has 120 heavy (non-hydrogen) atoms. The molecule has 0 aromatic carbocycles. The van der Waals surface area contributed by atoms with Crippen molar-refractivity contribution in [2.24, 2.45) is 94.7 Å². The molecule has 16 rings (SSSR count). The van der Waals surface area contributed by atoms with Gasteiger partial charge in [0.15, 0.2) is 0 Å². The fourth-order valence-electron chi connectivity index (χ4n) is 25.2. The summed E-state index contributed by atoms with van der Waals surface area (Å²) in [6, 6.07) is 1.74. The van der Waals surface area contributed by atoms with Crippen molar-refractivity contribution in [3.05, 3.63) is 99.2 Å². The van der Waals surface area contributed by atoms with Gasteiger partial charge in [0.05, 0.1) is 0 Å². The summed E-state index contributed by atoms with van der Waals surface area (Å²) in [5.74, 6) is 13.0. The molecule has 24 unspecified atom stereocenters. The summed E-state index contributed by atoms with van der Waals surface area (Å²) in [6.07, 6.45) is 71.1. The number of hydrogen-bond donors (Lipinski definition) is 2. The number of rotatable bonds is 16. The second kappa shape index (κ2) is 50.0. The van der Waals surface area contributed by atoms with Crippen LogP contribution in [0.4, 0.5) is 0 Å². The van der Waals surface area contributed by atoms with Gasteiger partial charge in [0, 0.05) is 72.7 Å². The van der Waals surface area contributed by atoms with E-state index in [0.717, 1.165) is 121 Å². The van der Waals surface area contributed by atoms with E-state index in [-0.39, 0.29) is 71.9 Å². The number of ether oxygens (including phenoxy) is 4. The lowest BCUT2D eigenvalue weighted by atomic mass is 9.69. The fourth-order valence-corrected chi connectivity index (χ4v) is 25.2. The number of likely N-dealkylation sites (N-methyl/N-ethyl adjacent to an activating group) is 2. The molecule has 16 aliphatic carbocycles. The van der Waals surface area contributed by atoms with Crippen molar-refractivity contribution in [3.8, 4) is 0 Å². The molecule has 2 N–H and O–H groups in total. The summed E-state index contributed by atoms with van der Waals surface area (Å²) >= 11 is 0. The minimum Gasteiger partial charge on any atom is -0.459 e. The highest BCUT2D eigenvalue weighted by molar-refractivity contribution is 5.93. The number of nitrogens with one attached hydrogen (secondary N) is 2. The van der Waals surface area contributed by atoms with E-state index in [1.54, 1.807) is 20.8 Å². The highest BCUT2D eigenvalue weighted by Gasteiger charge is 2.45. The van der Waals surface area contributed by atoms with E-state index in [2.05, 4.69) is 63.3 Å². The second-order valence-electron chi connectivity index (χ2n) is 40.5. The molecule has 16 saturated carbocycles. The zero-order chi connectivity index (χ0) is 86.4. The third kappa shape index (κ3) is 30.5. The summed E-state index contributed by atoms with van der Waals surface area (Å²) in [5, 5.41) is 6.16. The van der Waals surface area contributed by atoms with Gasteiger partial charge in [0.2, 0.25) is 23.6 Å². The maximum absolute atomic E-state index is 11.9. The number of hydrogen-bond acceptors (Lipinski definition) is 12. The first-order valence-electron chi connectivity index (χ1n) is 48.8. The second-order valence-corrected chi connectivity index (χ2v) is 40.5. The highest BCUT2D eigenvalue weighted by atomic mass is 16.6. The first kappa shape index (κ1) is 97.5. The molecule has 0 aromatic rings. The third-order valence-corrected chi connectivity index (χ3v) is 32.1. The normalized spacial score (nSPS) is 34.8. The zero-order valence-corrected chi connectivity index (χ0v) is 76.0. The van der Waals surface area contributed by atoms with Crippen molar-refractivity contribution >= 4 is 47.5 Å². The van der Waals surface area contributed by atoms with Crippen molar-refractivity contribution in [2.75, 3.05) is 14.1 Å². The molecule has 16 heteroatoms. The predicted molar refractivity (Wildman–Crippen MR) is 483 cm³/mol. The maximum Gasteiger partial charge on any atom is 0.333 e. The van der Waals surface area contributed by atoms with Crippen LogP contribution >= 0.6 is 0 Å². The van der Waals surface area contributed by atoms with Crippen LogP contribution in [-0.2, 0) is 57.3 Å². The molecule has 16 aliphatic rings. The largest absolute Gasteiger partial charge is 0.459 e. The minimum atomic E-state index is -0.257. The Morgan fingerprint density at radius 3 is 0.983 bits per heavy atom. The molecule has 0 aliphatic heterocycles. The molecule has 4 amide bonds. The molecule has 16 nitrogen and oxygen atoms in total. The Balaban J connectivity index is 0.000000156. The van der Waals surface area contributed by atoms with Gasteiger partial charge in [-0.1, -0.05) is 207 Å². The average Bonchev–Trinajstić information content (AvgIpc) is 1.58. The third-order valence-electron chi connectivity index (χ3n) is 32.1. The van der Waals surface area contributed by atoms with Gasteiger partial charge >= 0.3 is 23.9 Å². The summed E-state index contributed by atoms with van der Waals surface area (Å²) in [7, 11) is 3.88. The SMILES string of the molecule is C=C(C)C(=O)N(C)C1CCC2CCCCC2C1.C=C(C)C(=O)NC1CCC2CCCCC2C1.C=C(C)C(=O)OC1CC2CCC1C2.C=C(C)C(=O)OC1CCC2CCCCC2C1.C=CC(=O)N(C)C1CCC2CCCCC2C1.C=CC(=O)NC1CCC2CCCCC2C1.C=CC(=O)OC1CC2CCC1C2.C=CC(=O)OC1CCC2CCCCC2C1. The van der Waals surface area contributed by atoms with Gasteiger partial charge in [-0.15, -0.1) is 0 Å². The van der Waals surface area contributed by atoms with Gasteiger partial charge in [-0.25, -0.2) is 19.2 Å². The molecular formula is C104H164N4O12. The standard InChI is InChI=1S/C15H25NO.2C14H23NO.C14H22O2.C13H21NO.C13H20O2.C11H16O2.C10H14O2/c1-11(2)15(17)16(3)14-9-8-12-6-4-5-7-13(12)10-14;1-10(2)14(16)15-13-8-7-11-5-3-4-6-12(11)9-13;1-3-14(16)15(2)13-9-8-11-6-4-5-7-12(11)10-13;1-10(2)14(15)16-13-8-7-11-5-3-4-6-12(11)9-13;1-2-13(15)14-12-8-7-10-5-3-4-6-11(10)9-12;1-2-13(14)15-12-8-7-10-5-3-4-6-11(10)9-12;1-7(2)11(12)13-10-6-8-3-4-9(10)5-8;1-2-10(11)12-9-6-7-3-4-8(9)5-7/h12-14H,1,4-10H2,2-3H3;11-13H,1,3-9H2,2H3,(H,15,16);3,11-13H,1,4-10H2,2H3;11-13H,1,3-9H2,2H3;2,10-12H,1,3-9H2,(H,14,15);2,10-12H,1,3-9H2;8-10H,1,3-6H2,2H3;2,7-9H,1,3-6H2. The highest BCUT2D eigenvalue weighted by Crippen LogP contribution is 2.50. The summed E-state index contributed by atoms with van der Waals surface area (Å²) in [5.41, 5.74) is 2.33. The lowest BCUT2D eigenvalue weighted by molar-refractivity contribution is -0.148. The predicted octanol–water partition coefficient (Wildman–Crippen LogP) is 22.8. The Hall–Kier alpha value is -6.32. The van der Waals surface area contributed by atoms with Crippen LogP contribution in [0.15, 0.2) is 99.2 Å². The Labute approximate surface area is 726 Å². The first-order valence-corrected chi connectivity index (χ1v) is 48.8. The molecule has 0 spiro atoms. The minimum absolute atomic E-state index is 0.00532. The smallest absolute Gasteiger partial charge is 0.333 e. The Morgan fingerprint density at radius 2 is 0.625 bits per heavy atom. The van der Waals surface area contributed by atoms with Crippen molar-refractivity contribution in [2.45, 2.75) is 397 Å². The number of carbonyl (C=O) groups excluding carboxylic acids is 8. The zero-order valence-electron chi connectivity index (χ0n) is 76.0. The monoisotopic (exact) mass is 1660 g/mol. The van der Waals surface area contributed by atoms with E-state index in [4.69, 9.17) is 18.9 Å². The number of esters is 4. The Bertz CT molecular complexity index is 3300. The van der Waals surface area contributed by atoms with Crippen LogP contribution < -0.4 is 10.6 Å². The Morgan fingerprint density at radius 1 is 0.292 bits per heavy atom. The van der Waals surface area contributed by atoms with E-state index < -0.39 is 0 Å². The van der Waals surface area contributed by atoms with E-state index in [1.165, 1.54) is 307 Å². The molecule has 672 valence electrons. The average molecular weight is 1660 g/mol. The fraction of sp³-hybridized carbons (Fsp3) is 0.769. The molecule has 0 radical (unpaired) electrons. The number of fused-ring (bicyclic) bond motifs is 10. The number of amides is 4. The lowest BCUT2D eigenvalue weighted by Crippen LogP contribution is -2.43. The van der Waals surface area contributed by atoms with Crippen LogP contribution in [0.1, 0.15) is 349 Å². The molecule has 0 saturated heterocycles. The van der Waals surface area contributed by atoms with Crippen LogP contribution in [0.5, 0.6) is 0 Å². The molecular weight excluding hydrogens is 1500 g/mol. The molecule has 0 aromatic heterocycles. The van der Waals surface area contributed by atoms with Gasteiger partial charge in [-0.3, -0.25) is 19.2 Å². The van der Waals surface area contributed by atoms with E-state index in [9.17, 15) is 38.4 Å². The van der Waals surface area contributed by atoms with Crippen molar-refractivity contribution in [1.29, 1.82) is 0 Å². The van der Waals surface area contributed by atoms with Crippen LogP contribution in [0.2, 0.25) is 0 Å². The lowest BCUT2D eigenvalue weighted by Gasteiger charge is -2.42. The molecule has 24 atom stereocenters. The van der Waals surface area contributed by atoms with Crippen molar-refractivity contribution in [3.63, 3.8) is 0 Å². The van der Waals surface area contributed by atoms with Crippen LogP contribution in [0, 0.1) is 94.7 Å². The van der Waals surface area contributed by atoms with Crippen LogP contribution in [0.3, 0.4) is 0 Å². The van der Waals surface area contributed by atoms with E-state index in [1.807, 2.05) is 30.8 Å². The summed E-state index contributed by atoms with van der Waals surface area (Å²) < 4.78 is 21.4. The van der Waals surface area contributed by atoms with Gasteiger partial charge < -0.3 is 39.4 Å². The van der Waals surface area contributed by atoms with Crippen LogP contribution in [-0.4, -0.2) is 120 Å². The van der Waals surface area contributed by atoms with E-state index >= 15 is 0 Å². The van der Waals surface area contributed by atoms with E-state index in [0.29, 0.717) is 58.3 Å². The summed E-state index contributed by atoms with van der Waals surface area (Å²) in [6.45, 7) is 35.6. The Kier molecular flexibility index (Phi) is 40.6. The molecule has 16 fully saturated rings. The van der Waals surface area contributed by atoms with Crippen LogP contribution in [0.25, 0.3) is 0 Å². The van der Waals surface area contributed by atoms with Gasteiger partial charge in [0.25, 0.3) is 0 Å². The van der Waals surface area contributed by atoms with Gasteiger partial charge in [-0.2, -0.15) is 0 Å². The quantitative estimate of drug-likeness (QED) is 0.0842. The molecule has 0 heterocycles. The van der Waals surface area contributed by atoms with Crippen molar-refractivity contribution < 1.29 is 57.3 Å². The number of nitrogens with zero attached hydrogens (tertiary/aromatic N) is 2. The molecule has 4 bridgehead atoms. The van der Waals surface area contributed by atoms with Gasteiger partial charge in [-0.05, 0) is 301 Å².